The first kappa shape index (κ1) is 12.6. The van der Waals surface area contributed by atoms with Gasteiger partial charge in [-0.1, -0.05) is 12.1 Å². The van der Waals surface area contributed by atoms with Crippen molar-refractivity contribution in [2.24, 2.45) is 0 Å². The third-order valence-corrected chi connectivity index (χ3v) is 2.98. The van der Waals surface area contributed by atoms with Crippen molar-refractivity contribution in [2.75, 3.05) is 7.05 Å². The third kappa shape index (κ3) is 2.87. The Kier molecular flexibility index (Phi) is 3.95. The smallest absolute Gasteiger partial charge is 0.148 e. The van der Waals surface area contributed by atoms with Gasteiger partial charge in [0.2, 0.25) is 0 Å². The Morgan fingerprint density at radius 2 is 2.06 bits per heavy atom. The van der Waals surface area contributed by atoms with E-state index in [4.69, 9.17) is 4.74 Å². The lowest BCUT2D eigenvalue weighted by atomic mass is 10.1. The molecule has 0 saturated carbocycles. The number of nitrogens with zero attached hydrogens (tertiary/aromatic N) is 1. The average Bonchev–Trinajstić information content (AvgIpc) is 2.41. The van der Waals surface area contributed by atoms with Crippen molar-refractivity contribution in [3.05, 3.63) is 53.9 Å². The summed E-state index contributed by atoms with van der Waals surface area (Å²) >= 11 is 0. The minimum absolute atomic E-state index is 0.309. The first-order valence-corrected chi connectivity index (χ1v) is 6.07. The van der Waals surface area contributed by atoms with E-state index < -0.39 is 0 Å². The van der Waals surface area contributed by atoms with Gasteiger partial charge in [0.25, 0.3) is 0 Å². The van der Waals surface area contributed by atoms with Crippen molar-refractivity contribution in [1.29, 1.82) is 0 Å². The Bertz CT molecular complexity index is 525. The number of rotatable bonds is 4. The molecule has 1 N–H and O–H groups in total. The Morgan fingerprint density at radius 3 is 2.78 bits per heavy atom. The molecule has 1 aromatic carbocycles. The molecule has 1 unspecified atom stereocenters. The highest BCUT2D eigenvalue weighted by Gasteiger charge is 2.05. The van der Waals surface area contributed by atoms with Crippen LogP contribution in [-0.2, 0) is 0 Å². The number of pyridine rings is 1. The highest BCUT2D eigenvalue weighted by molar-refractivity contribution is 5.36. The van der Waals surface area contributed by atoms with Crippen LogP contribution < -0.4 is 10.1 Å². The van der Waals surface area contributed by atoms with Crippen LogP contribution in [0.5, 0.6) is 11.5 Å². The molecule has 0 saturated heterocycles. The minimum Gasteiger partial charge on any atom is -0.455 e. The zero-order valence-electron chi connectivity index (χ0n) is 11.0. The van der Waals surface area contributed by atoms with E-state index in [9.17, 15) is 0 Å². The van der Waals surface area contributed by atoms with E-state index in [1.165, 1.54) is 5.56 Å². The van der Waals surface area contributed by atoms with E-state index in [0.29, 0.717) is 6.04 Å². The number of ether oxygens (including phenoxy) is 1. The first-order chi connectivity index (χ1) is 8.70. The summed E-state index contributed by atoms with van der Waals surface area (Å²) in [7, 11) is 1.95. The van der Waals surface area contributed by atoms with Crippen LogP contribution in [0.2, 0.25) is 0 Å². The van der Waals surface area contributed by atoms with Gasteiger partial charge in [-0.05, 0) is 50.7 Å². The Balaban J connectivity index is 2.22. The summed E-state index contributed by atoms with van der Waals surface area (Å²) in [6, 6.07) is 12.2. The summed E-state index contributed by atoms with van der Waals surface area (Å²) in [5.74, 6) is 1.64. The first-order valence-electron chi connectivity index (χ1n) is 6.07. The summed E-state index contributed by atoms with van der Waals surface area (Å²) in [5.41, 5.74) is 2.10. The molecule has 3 nitrogen and oxygen atoms in total. The molecule has 0 amide bonds. The maximum absolute atomic E-state index is 5.85. The molecular formula is C15H18N2O. The van der Waals surface area contributed by atoms with Gasteiger partial charge < -0.3 is 10.1 Å². The van der Waals surface area contributed by atoms with Crippen molar-refractivity contribution >= 4 is 0 Å². The van der Waals surface area contributed by atoms with Gasteiger partial charge in [-0.25, -0.2) is 0 Å². The molecule has 0 aliphatic rings. The molecule has 2 rings (SSSR count). The van der Waals surface area contributed by atoms with Crippen LogP contribution in [0.1, 0.15) is 24.2 Å². The zero-order valence-corrected chi connectivity index (χ0v) is 11.0. The summed E-state index contributed by atoms with van der Waals surface area (Å²) in [5, 5.41) is 3.22. The van der Waals surface area contributed by atoms with Gasteiger partial charge >= 0.3 is 0 Å². The van der Waals surface area contributed by atoms with Gasteiger partial charge in [-0.2, -0.15) is 0 Å². The molecule has 1 atom stereocenters. The van der Waals surface area contributed by atoms with E-state index in [1.54, 1.807) is 6.20 Å². The Hall–Kier alpha value is -1.87. The van der Waals surface area contributed by atoms with E-state index in [1.807, 2.05) is 44.3 Å². The second kappa shape index (κ2) is 5.65. The largest absolute Gasteiger partial charge is 0.455 e. The molecule has 3 heteroatoms. The molecule has 1 aromatic heterocycles. The predicted octanol–water partition coefficient (Wildman–Crippen LogP) is 3.46. The van der Waals surface area contributed by atoms with Crippen molar-refractivity contribution in [2.45, 2.75) is 19.9 Å². The summed E-state index contributed by atoms with van der Waals surface area (Å²) in [6.07, 6.45) is 1.77. The molecule has 94 valence electrons. The molecule has 1 heterocycles. The van der Waals surface area contributed by atoms with Crippen LogP contribution in [0.15, 0.2) is 42.6 Å². The fourth-order valence-corrected chi connectivity index (χ4v) is 1.72. The number of aryl methyl sites for hydroxylation is 1. The molecule has 0 bridgehead atoms. The van der Waals surface area contributed by atoms with Crippen LogP contribution in [0.25, 0.3) is 0 Å². The standard InChI is InChI=1S/C15H18N2O/c1-11(16-3)13-6-4-7-14(10-13)18-15-8-5-9-17-12(15)2/h4-11,16H,1-3H3. The fraction of sp³-hybridized carbons (Fsp3) is 0.267. The van der Waals surface area contributed by atoms with Crippen LogP contribution in [0.4, 0.5) is 0 Å². The lowest BCUT2D eigenvalue weighted by molar-refractivity contribution is 0.474. The maximum Gasteiger partial charge on any atom is 0.148 e. The van der Waals surface area contributed by atoms with Crippen molar-refractivity contribution < 1.29 is 4.74 Å². The predicted molar refractivity (Wildman–Crippen MR) is 73.0 cm³/mol. The second-order valence-corrected chi connectivity index (χ2v) is 4.27. The van der Waals surface area contributed by atoms with Crippen LogP contribution in [0, 0.1) is 6.92 Å². The lowest BCUT2D eigenvalue weighted by Gasteiger charge is -2.13. The van der Waals surface area contributed by atoms with E-state index >= 15 is 0 Å². The Morgan fingerprint density at radius 1 is 1.22 bits per heavy atom. The summed E-state index contributed by atoms with van der Waals surface area (Å²) in [4.78, 5) is 4.21. The number of aromatic nitrogens is 1. The summed E-state index contributed by atoms with van der Waals surface area (Å²) < 4.78 is 5.85. The number of hydrogen-bond acceptors (Lipinski definition) is 3. The number of benzene rings is 1. The highest BCUT2D eigenvalue weighted by Crippen LogP contribution is 2.25. The molecule has 0 aliphatic carbocycles. The molecule has 0 radical (unpaired) electrons. The molecule has 0 spiro atoms. The third-order valence-electron chi connectivity index (χ3n) is 2.98. The average molecular weight is 242 g/mol. The minimum atomic E-state index is 0.309. The maximum atomic E-state index is 5.85. The normalized spacial score (nSPS) is 12.2. The monoisotopic (exact) mass is 242 g/mol. The van der Waals surface area contributed by atoms with E-state index in [-0.39, 0.29) is 0 Å². The van der Waals surface area contributed by atoms with Crippen LogP contribution >= 0.6 is 0 Å². The van der Waals surface area contributed by atoms with Crippen molar-refractivity contribution in [3.63, 3.8) is 0 Å². The second-order valence-electron chi connectivity index (χ2n) is 4.27. The van der Waals surface area contributed by atoms with Crippen LogP contribution in [-0.4, -0.2) is 12.0 Å². The van der Waals surface area contributed by atoms with Gasteiger partial charge in [-0.3, -0.25) is 4.98 Å². The van der Waals surface area contributed by atoms with Gasteiger partial charge in [0, 0.05) is 12.2 Å². The SMILES string of the molecule is CNC(C)c1cccc(Oc2cccnc2C)c1. The summed E-state index contributed by atoms with van der Waals surface area (Å²) in [6.45, 7) is 4.06. The molecular weight excluding hydrogens is 224 g/mol. The number of nitrogens with one attached hydrogen (secondary N) is 1. The zero-order chi connectivity index (χ0) is 13.0. The fourth-order valence-electron chi connectivity index (χ4n) is 1.72. The van der Waals surface area contributed by atoms with Gasteiger partial charge in [-0.15, -0.1) is 0 Å². The van der Waals surface area contributed by atoms with Crippen molar-refractivity contribution in [1.82, 2.24) is 10.3 Å². The lowest BCUT2D eigenvalue weighted by Crippen LogP contribution is -2.12. The van der Waals surface area contributed by atoms with E-state index in [0.717, 1.165) is 17.2 Å². The molecule has 0 fully saturated rings. The van der Waals surface area contributed by atoms with Crippen LogP contribution in [0.3, 0.4) is 0 Å². The molecule has 0 aliphatic heterocycles. The molecule has 2 aromatic rings. The van der Waals surface area contributed by atoms with Crippen molar-refractivity contribution in [3.8, 4) is 11.5 Å². The quantitative estimate of drug-likeness (QED) is 0.891. The number of hydrogen-bond donors (Lipinski definition) is 1. The van der Waals surface area contributed by atoms with Gasteiger partial charge in [0.05, 0.1) is 5.69 Å². The Labute approximate surface area is 108 Å². The highest BCUT2D eigenvalue weighted by atomic mass is 16.5. The van der Waals surface area contributed by atoms with E-state index in [2.05, 4.69) is 23.3 Å². The van der Waals surface area contributed by atoms with Gasteiger partial charge in [0.1, 0.15) is 11.5 Å². The molecule has 18 heavy (non-hydrogen) atoms. The topological polar surface area (TPSA) is 34.1 Å². The van der Waals surface area contributed by atoms with Gasteiger partial charge in [0.15, 0.2) is 0 Å².